The number of nitrogens with one attached hydrogen (secondary N) is 1. The van der Waals surface area contributed by atoms with Gasteiger partial charge in [0.25, 0.3) is 0 Å². The molecule has 1 N–H and O–H groups in total. The molecule has 0 aromatic heterocycles. The van der Waals surface area contributed by atoms with Crippen LogP contribution in [0.5, 0.6) is 5.75 Å². The maximum Gasteiger partial charge on any atom is 0.230 e. The van der Waals surface area contributed by atoms with Gasteiger partial charge in [-0.3, -0.25) is 4.79 Å². The number of carbonyl (C=O) groups excluding carboxylic acids is 1. The highest BCUT2D eigenvalue weighted by Crippen LogP contribution is 2.42. The summed E-state index contributed by atoms with van der Waals surface area (Å²) in [6.45, 7) is 1.34. The van der Waals surface area contributed by atoms with Gasteiger partial charge >= 0.3 is 0 Å². The average molecular weight is 413 g/mol. The van der Waals surface area contributed by atoms with E-state index in [1.165, 1.54) is 11.1 Å². The van der Waals surface area contributed by atoms with E-state index in [0.29, 0.717) is 11.6 Å². The minimum absolute atomic E-state index is 0.119. The third kappa shape index (κ3) is 4.01. The van der Waals surface area contributed by atoms with Crippen LogP contribution >= 0.6 is 11.6 Å². The molecule has 4 rings (SSSR count). The summed E-state index contributed by atoms with van der Waals surface area (Å²) in [5, 5.41) is 3.99. The summed E-state index contributed by atoms with van der Waals surface area (Å²) in [5.74, 6) is 1.12. The lowest BCUT2D eigenvalue weighted by molar-refractivity contribution is -0.126. The SMILES string of the molecule is CN(C)C(CNC(=O)C1(c2ccc(Cl)cc2)CCCC1)c1ccc2c(c1)CCO2. The molecule has 1 unspecified atom stereocenters. The van der Waals surface area contributed by atoms with E-state index in [0.717, 1.165) is 50.0 Å². The molecule has 1 heterocycles. The number of rotatable bonds is 6. The van der Waals surface area contributed by atoms with Crippen LogP contribution in [0.1, 0.15) is 48.4 Å². The smallest absolute Gasteiger partial charge is 0.230 e. The summed E-state index contributed by atoms with van der Waals surface area (Å²) in [6.07, 6.45) is 4.90. The first-order chi connectivity index (χ1) is 14.0. The molecular formula is C24H29ClN2O2. The molecule has 1 atom stereocenters. The summed E-state index contributed by atoms with van der Waals surface area (Å²) in [4.78, 5) is 15.6. The lowest BCUT2D eigenvalue weighted by atomic mass is 9.78. The molecule has 5 heteroatoms. The molecule has 2 aromatic carbocycles. The maximum absolute atomic E-state index is 13.4. The second kappa shape index (κ2) is 8.37. The fraction of sp³-hybridized carbons (Fsp3) is 0.458. The van der Waals surface area contributed by atoms with Crippen molar-refractivity contribution in [1.29, 1.82) is 0 Å². The summed E-state index contributed by atoms with van der Waals surface area (Å²) < 4.78 is 5.64. The Hall–Kier alpha value is -2.04. The van der Waals surface area contributed by atoms with Crippen molar-refractivity contribution in [2.45, 2.75) is 43.6 Å². The van der Waals surface area contributed by atoms with Crippen molar-refractivity contribution in [3.8, 4) is 5.75 Å². The molecule has 4 nitrogen and oxygen atoms in total. The Labute approximate surface area is 178 Å². The molecule has 0 spiro atoms. The number of ether oxygens (including phenoxy) is 1. The van der Waals surface area contributed by atoms with Gasteiger partial charge in [0.05, 0.1) is 18.1 Å². The molecule has 1 aliphatic carbocycles. The maximum atomic E-state index is 13.4. The van der Waals surface area contributed by atoms with Gasteiger partial charge < -0.3 is 15.0 Å². The highest BCUT2D eigenvalue weighted by Gasteiger charge is 2.42. The van der Waals surface area contributed by atoms with Gasteiger partial charge in [0.1, 0.15) is 5.75 Å². The number of hydrogen-bond acceptors (Lipinski definition) is 3. The summed E-state index contributed by atoms with van der Waals surface area (Å²) >= 11 is 6.07. The fourth-order valence-electron chi connectivity index (χ4n) is 4.77. The molecule has 2 aromatic rings. The van der Waals surface area contributed by atoms with E-state index < -0.39 is 5.41 Å². The van der Waals surface area contributed by atoms with Gasteiger partial charge in [-0.1, -0.05) is 48.7 Å². The summed E-state index contributed by atoms with van der Waals surface area (Å²) in [6, 6.07) is 14.3. The average Bonchev–Trinajstić information content (AvgIpc) is 3.38. The van der Waals surface area contributed by atoms with Crippen LogP contribution in [0.25, 0.3) is 0 Å². The monoisotopic (exact) mass is 412 g/mol. The minimum Gasteiger partial charge on any atom is -0.493 e. The van der Waals surface area contributed by atoms with Crippen molar-refractivity contribution < 1.29 is 9.53 Å². The Bertz CT molecular complexity index is 873. The Balaban J connectivity index is 1.52. The molecule has 1 saturated carbocycles. The van der Waals surface area contributed by atoms with Crippen LogP contribution in [0.2, 0.25) is 5.02 Å². The fourth-order valence-corrected chi connectivity index (χ4v) is 4.89. The van der Waals surface area contributed by atoms with Crippen molar-refractivity contribution in [2.75, 3.05) is 27.2 Å². The number of fused-ring (bicyclic) bond motifs is 1. The number of benzene rings is 2. The van der Waals surface area contributed by atoms with Crippen molar-refractivity contribution >= 4 is 17.5 Å². The Kier molecular flexibility index (Phi) is 5.84. The highest BCUT2D eigenvalue weighted by atomic mass is 35.5. The zero-order valence-electron chi connectivity index (χ0n) is 17.2. The van der Waals surface area contributed by atoms with Crippen LogP contribution in [0.4, 0.5) is 0 Å². The number of likely N-dealkylation sites (N-methyl/N-ethyl adjacent to an activating group) is 1. The van der Waals surface area contributed by atoms with E-state index in [-0.39, 0.29) is 11.9 Å². The Morgan fingerprint density at radius 2 is 1.90 bits per heavy atom. The van der Waals surface area contributed by atoms with E-state index in [4.69, 9.17) is 16.3 Å². The molecular weight excluding hydrogens is 384 g/mol. The number of carbonyl (C=O) groups is 1. The van der Waals surface area contributed by atoms with E-state index in [1.807, 2.05) is 24.3 Å². The lowest BCUT2D eigenvalue weighted by Gasteiger charge is -2.31. The number of halogens is 1. The van der Waals surface area contributed by atoms with Gasteiger partial charge in [0.15, 0.2) is 0 Å². The molecule has 1 amide bonds. The van der Waals surface area contributed by atoms with E-state index >= 15 is 0 Å². The Morgan fingerprint density at radius 1 is 1.17 bits per heavy atom. The Morgan fingerprint density at radius 3 is 2.59 bits per heavy atom. The number of amides is 1. The van der Waals surface area contributed by atoms with Gasteiger partial charge in [-0.2, -0.15) is 0 Å². The normalized spacial score (nSPS) is 18.3. The first-order valence-electron chi connectivity index (χ1n) is 10.5. The molecule has 0 saturated heterocycles. The molecule has 1 aliphatic heterocycles. The van der Waals surface area contributed by atoms with E-state index in [9.17, 15) is 4.79 Å². The van der Waals surface area contributed by atoms with Crippen molar-refractivity contribution in [2.24, 2.45) is 0 Å². The van der Waals surface area contributed by atoms with Gasteiger partial charge in [0.2, 0.25) is 5.91 Å². The zero-order valence-corrected chi connectivity index (χ0v) is 18.0. The topological polar surface area (TPSA) is 41.6 Å². The first kappa shape index (κ1) is 20.2. The quantitative estimate of drug-likeness (QED) is 0.759. The van der Waals surface area contributed by atoms with Gasteiger partial charge in [-0.15, -0.1) is 0 Å². The van der Waals surface area contributed by atoms with Crippen molar-refractivity contribution in [1.82, 2.24) is 10.2 Å². The van der Waals surface area contributed by atoms with Crippen molar-refractivity contribution in [3.05, 3.63) is 64.2 Å². The van der Waals surface area contributed by atoms with Gasteiger partial charge in [-0.05, 0) is 61.8 Å². The predicted octanol–water partition coefficient (Wildman–Crippen LogP) is 4.51. The van der Waals surface area contributed by atoms with E-state index in [2.05, 4.69) is 42.5 Å². The van der Waals surface area contributed by atoms with Gasteiger partial charge in [0, 0.05) is 18.0 Å². The first-order valence-corrected chi connectivity index (χ1v) is 10.8. The van der Waals surface area contributed by atoms with Crippen LogP contribution in [0.3, 0.4) is 0 Å². The third-order valence-electron chi connectivity index (χ3n) is 6.47. The molecule has 2 aliphatic rings. The standard InChI is InChI=1S/C24H29ClN2O2/c1-27(2)21(17-5-10-22-18(15-17)11-14-29-22)16-26-23(28)24(12-3-4-13-24)19-6-8-20(25)9-7-19/h5-10,15,21H,3-4,11-14,16H2,1-2H3,(H,26,28). The lowest BCUT2D eigenvalue weighted by Crippen LogP contribution is -2.45. The molecule has 29 heavy (non-hydrogen) atoms. The predicted molar refractivity (Wildman–Crippen MR) is 117 cm³/mol. The van der Waals surface area contributed by atoms with Crippen LogP contribution < -0.4 is 10.1 Å². The minimum atomic E-state index is -0.437. The van der Waals surface area contributed by atoms with Crippen LogP contribution in [-0.2, 0) is 16.6 Å². The zero-order chi connectivity index (χ0) is 20.4. The number of hydrogen-bond donors (Lipinski definition) is 1. The van der Waals surface area contributed by atoms with E-state index in [1.54, 1.807) is 0 Å². The second-order valence-electron chi connectivity index (χ2n) is 8.45. The van der Waals surface area contributed by atoms with Crippen LogP contribution in [0.15, 0.2) is 42.5 Å². The molecule has 0 bridgehead atoms. The molecule has 154 valence electrons. The van der Waals surface area contributed by atoms with Crippen molar-refractivity contribution in [3.63, 3.8) is 0 Å². The molecule has 1 fully saturated rings. The largest absolute Gasteiger partial charge is 0.493 e. The third-order valence-corrected chi connectivity index (χ3v) is 6.72. The molecule has 0 radical (unpaired) electrons. The summed E-state index contributed by atoms with van der Waals surface area (Å²) in [7, 11) is 4.12. The van der Waals surface area contributed by atoms with Crippen LogP contribution in [0, 0.1) is 0 Å². The summed E-state index contributed by atoms with van der Waals surface area (Å²) in [5.41, 5.74) is 3.11. The van der Waals surface area contributed by atoms with Crippen LogP contribution in [-0.4, -0.2) is 38.1 Å². The highest BCUT2D eigenvalue weighted by molar-refractivity contribution is 6.30. The second-order valence-corrected chi connectivity index (χ2v) is 8.89. The number of nitrogens with zero attached hydrogens (tertiary/aromatic N) is 1. The van der Waals surface area contributed by atoms with Gasteiger partial charge in [-0.25, -0.2) is 0 Å².